The van der Waals surface area contributed by atoms with Crippen LogP contribution in [0.25, 0.3) is 0 Å². The number of hydrogen-bond acceptors (Lipinski definition) is 3. The van der Waals surface area contributed by atoms with E-state index in [0.29, 0.717) is 11.9 Å². The molecule has 2 aromatic rings. The van der Waals surface area contributed by atoms with Crippen LogP contribution in [0, 0.1) is 13.8 Å². The zero-order valence-corrected chi connectivity index (χ0v) is 10.8. The van der Waals surface area contributed by atoms with E-state index < -0.39 is 0 Å². The molecule has 1 aliphatic rings. The summed E-state index contributed by atoms with van der Waals surface area (Å²) in [6.07, 6.45) is 2.26. The summed E-state index contributed by atoms with van der Waals surface area (Å²) in [5, 5.41) is 4.25. The summed E-state index contributed by atoms with van der Waals surface area (Å²) in [5.41, 5.74) is 9.69. The highest BCUT2D eigenvalue weighted by Gasteiger charge is 2.25. The number of aromatic nitrogens is 3. The first kappa shape index (κ1) is 11.3. The SMILES string of the molecule is Cc1ccc(C2CCCn3nc(N)nc32)cc1C. The molecule has 1 unspecified atom stereocenters. The zero-order valence-electron chi connectivity index (χ0n) is 10.8. The van der Waals surface area contributed by atoms with Crippen molar-refractivity contribution in [3.05, 3.63) is 40.7 Å². The van der Waals surface area contributed by atoms with Crippen molar-refractivity contribution in [2.75, 3.05) is 5.73 Å². The third-order valence-electron chi connectivity index (χ3n) is 3.82. The standard InChI is InChI=1S/C14H18N4/c1-9-5-6-11(8-10(9)2)12-4-3-7-18-13(12)16-14(15)17-18/h5-6,8,12H,3-4,7H2,1-2H3,(H2,15,17). The Bertz CT molecular complexity index is 585. The van der Waals surface area contributed by atoms with E-state index in [2.05, 4.69) is 42.1 Å². The fourth-order valence-electron chi connectivity index (χ4n) is 2.67. The van der Waals surface area contributed by atoms with E-state index in [4.69, 9.17) is 5.73 Å². The van der Waals surface area contributed by atoms with Crippen molar-refractivity contribution < 1.29 is 0 Å². The molecule has 4 nitrogen and oxygen atoms in total. The fourth-order valence-corrected chi connectivity index (χ4v) is 2.67. The zero-order chi connectivity index (χ0) is 12.7. The third kappa shape index (κ3) is 1.78. The molecule has 1 aromatic heterocycles. The van der Waals surface area contributed by atoms with Crippen LogP contribution < -0.4 is 5.73 Å². The molecular formula is C14H18N4. The maximum atomic E-state index is 5.71. The summed E-state index contributed by atoms with van der Waals surface area (Å²) in [7, 11) is 0. The van der Waals surface area contributed by atoms with Gasteiger partial charge in [0.15, 0.2) is 0 Å². The van der Waals surface area contributed by atoms with Crippen LogP contribution in [0.5, 0.6) is 0 Å². The van der Waals surface area contributed by atoms with Crippen molar-refractivity contribution in [1.82, 2.24) is 14.8 Å². The first-order valence-corrected chi connectivity index (χ1v) is 6.42. The highest BCUT2D eigenvalue weighted by molar-refractivity contribution is 5.35. The Kier molecular flexibility index (Phi) is 2.58. The summed E-state index contributed by atoms with van der Waals surface area (Å²) in [4.78, 5) is 4.39. The predicted octanol–water partition coefficient (Wildman–Crippen LogP) is 2.40. The van der Waals surface area contributed by atoms with Gasteiger partial charge in [0.05, 0.1) is 0 Å². The van der Waals surface area contributed by atoms with Gasteiger partial charge in [-0.15, -0.1) is 5.10 Å². The second-order valence-electron chi connectivity index (χ2n) is 5.09. The smallest absolute Gasteiger partial charge is 0.239 e. The summed E-state index contributed by atoms with van der Waals surface area (Å²) in [6, 6.07) is 6.65. The van der Waals surface area contributed by atoms with Crippen LogP contribution in [0.2, 0.25) is 0 Å². The van der Waals surface area contributed by atoms with Gasteiger partial charge in [0, 0.05) is 12.5 Å². The lowest BCUT2D eigenvalue weighted by Gasteiger charge is -2.22. The number of anilines is 1. The second kappa shape index (κ2) is 4.12. The second-order valence-corrected chi connectivity index (χ2v) is 5.09. The molecule has 0 aliphatic carbocycles. The van der Waals surface area contributed by atoms with Crippen molar-refractivity contribution in [3.63, 3.8) is 0 Å². The first-order chi connectivity index (χ1) is 8.65. The Morgan fingerprint density at radius 3 is 2.89 bits per heavy atom. The molecule has 3 rings (SSSR count). The Balaban J connectivity index is 2.05. The number of benzene rings is 1. The predicted molar refractivity (Wildman–Crippen MR) is 71.4 cm³/mol. The molecule has 0 radical (unpaired) electrons. The van der Waals surface area contributed by atoms with Crippen LogP contribution in [0.4, 0.5) is 5.95 Å². The molecule has 2 N–H and O–H groups in total. The minimum atomic E-state index is 0.336. The van der Waals surface area contributed by atoms with Crippen LogP contribution >= 0.6 is 0 Å². The summed E-state index contributed by atoms with van der Waals surface area (Å²) < 4.78 is 1.96. The molecule has 94 valence electrons. The highest BCUT2D eigenvalue weighted by atomic mass is 15.4. The average Bonchev–Trinajstić information content (AvgIpc) is 2.72. The van der Waals surface area contributed by atoms with E-state index in [1.165, 1.54) is 16.7 Å². The van der Waals surface area contributed by atoms with Crippen molar-refractivity contribution in [2.45, 2.75) is 39.2 Å². The van der Waals surface area contributed by atoms with Crippen LogP contribution in [-0.2, 0) is 6.54 Å². The summed E-state index contributed by atoms with van der Waals surface area (Å²) in [5.74, 6) is 1.74. The summed E-state index contributed by atoms with van der Waals surface area (Å²) >= 11 is 0. The molecule has 0 amide bonds. The number of fused-ring (bicyclic) bond motifs is 1. The van der Waals surface area contributed by atoms with Gasteiger partial charge < -0.3 is 5.73 Å². The number of nitrogens with two attached hydrogens (primary N) is 1. The van der Waals surface area contributed by atoms with Crippen LogP contribution in [0.15, 0.2) is 18.2 Å². The van der Waals surface area contributed by atoms with Gasteiger partial charge in [0.2, 0.25) is 5.95 Å². The van der Waals surface area contributed by atoms with E-state index in [0.717, 1.165) is 25.2 Å². The lowest BCUT2D eigenvalue weighted by molar-refractivity contribution is 0.446. The fraction of sp³-hybridized carbons (Fsp3) is 0.429. The summed E-state index contributed by atoms with van der Waals surface area (Å²) in [6.45, 7) is 5.22. The molecule has 1 aromatic carbocycles. The highest BCUT2D eigenvalue weighted by Crippen LogP contribution is 2.33. The van der Waals surface area contributed by atoms with Gasteiger partial charge in [0.1, 0.15) is 5.82 Å². The van der Waals surface area contributed by atoms with Gasteiger partial charge in [-0.3, -0.25) is 0 Å². The van der Waals surface area contributed by atoms with Crippen molar-refractivity contribution in [3.8, 4) is 0 Å². The molecular weight excluding hydrogens is 224 g/mol. The number of nitrogens with zero attached hydrogens (tertiary/aromatic N) is 3. The van der Waals surface area contributed by atoms with Crippen molar-refractivity contribution >= 4 is 5.95 Å². The van der Waals surface area contributed by atoms with Crippen LogP contribution in [0.1, 0.15) is 41.3 Å². The average molecular weight is 242 g/mol. The number of nitrogen functional groups attached to an aromatic ring is 1. The minimum Gasteiger partial charge on any atom is -0.366 e. The molecule has 2 heterocycles. The Labute approximate surface area is 107 Å². The Morgan fingerprint density at radius 1 is 1.28 bits per heavy atom. The molecule has 18 heavy (non-hydrogen) atoms. The normalized spacial score (nSPS) is 18.7. The van der Waals surface area contributed by atoms with Gasteiger partial charge in [-0.2, -0.15) is 4.98 Å². The van der Waals surface area contributed by atoms with Crippen molar-refractivity contribution in [2.24, 2.45) is 0 Å². The largest absolute Gasteiger partial charge is 0.366 e. The van der Waals surface area contributed by atoms with E-state index in [1.807, 2.05) is 4.68 Å². The lowest BCUT2D eigenvalue weighted by atomic mass is 9.89. The molecule has 1 atom stereocenters. The molecule has 0 fully saturated rings. The van der Waals surface area contributed by atoms with Crippen LogP contribution in [-0.4, -0.2) is 14.8 Å². The third-order valence-corrected chi connectivity index (χ3v) is 3.82. The lowest BCUT2D eigenvalue weighted by Crippen LogP contribution is -2.18. The molecule has 4 heteroatoms. The number of aryl methyl sites for hydroxylation is 3. The monoisotopic (exact) mass is 242 g/mol. The van der Waals surface area contributed by atoms with E-state index in [1.54, 1.807) is 0 Å². The number of hydrogen-bond donors (Lipinski definition) is 1. The molecule has 0 bridgehead atoms. The molecule has 0 spiro atoms. The van der Waals surface area contributed by atoms with Gasteiger partial charge in [0.25, 0.3) is 0 Å². The topological polar surface area (TPSA) is 56.7 Å². The maximum absolute atomic E-state index is 5.71. The molecule has 0 saturated heterocycles. The maximum Gasteiger partial charge on any atom is 0.239 e. The van der Waals surface area contributed by atoms with E-state index in [9.17, 15) is 0 Å². The number of rotatable bonds is 1. The van der Waals surface area contributed by atoms with Crippen LogP contribution in [0.3, 0.4) is 0 Å². The van der Waals surface area contributed by atoms with E-state index in [-0.39, 0.29) is 0 Å². The first-order valence-electron chi connectivity index (χ1n) is 6.42. The van der Waals surface area contributed by atoms with E-state index >= 15 is 0 Å². The Morgan fingerprint density at radius 2 is 2.11 bits per heavy atom. The molecule has 0 saturated carbocycles. The van der Waals surface area contributed by atoms with Gasteiger partial charge in [-0.05, 0) is 43.4 Å². The van der Waals surface area contributed by atoms with Gasteiger partial charge >= 0.3 is 0 Å². The quantitative estimate of drug-likeness (QED) is 0.835. The van der Waals surface area contributed by atoms with Gasteiger partial charge in [-0.25, -0.2) is 4.68 Å². The van der Waals surface area contributed by atoms with Crippen molar-refractivity contribution in [1.29, 1.82) is 0 Å². The van der Waals surface area contributed by atoms with Gasteiger partial charge in [-0.1, -0.05) is 18.2 Å². The minimum absolute atomic E-state index is 0.336. The molecule has 1 aliphatic heterocycles. The Hall–Kier alpha value is -1.84.